The van der Waals surface area contributed by atoms with E-state index in [-0.39, 0.29) is 18.2 Å². The molecule has 2 aromatic heterocycles. The molecule has 1 saturated carbocycles. The SMILES string of the molecule is CC.Cc1nn2cc(CC(C)CCC(C)(F)F)nc2nc1C1CCCCC1.O=C1CCCCN1. The molecule has 0 spiro atoms. The van der Waals surface area contributed by atoms with Gasteiger partial charge in [0.15, 0.2) is 0 Å². The molecule has 1 atom stereocenters. The Kier molecular flexibility index (Phi) is 11.3. The molecular formula is C26H43F2N5O. The van der Waals surface area contributed by atoms with Gasteiger partial charge in [-0.05, 0) is 58.3 Å². The first-order valence-electron chi connectivity index (χ1n) is 13.1. The van der Waals surface area contributed by atoms with E-state index in [1.165, 1.54) is 32.1 Å². The van der Waals surface area contributed by atoms with E-state index in [0.29, 0.717) is 24.5 Å². The first-order chi connectivity index (χ1) is 16.2. The second-order valence-electron chi connectivity index (χ2n) is 9.62. The number of hydrogen-bond acceptors (Lipinski definition) is 4. The molecular weight excluding hydrogens is 436 g/mol. The Hall–Kier alpha value is -2.12. The highest BCUT2D eigenvalue weighted by molar-refractivity contribution is 5.76. The lowest BCUT2D eigenvalue weighted by atomic mass is 9.86. The highest BCUT2D eigenvalue weighted by atomic mass is 19.3. The number of carbonyl (C=O) groups is 1. The molecule has 2 aliphatic rings. The summed E-state index contributed by atoms with van der Waals surface area (Å²) in [5.74, 6) is -1.09. The van der Waals surface area contributed by atoms with E-state index in [0.717, 1.165) is 49.8 Å². The number of nitrogens with one attached hydrogen (secondary N) is 1. The maximum Gasteiger partial charge on any atom is 0.251 e. The number of rotatable bonds is 6. The largest absolute Gasteiger partial charge is 0.356 e. The van der Waals surface area contributed by atoms with Crippen LogP contribution in [0.25, 0.3) is 5.78 Å². The predicted molar refractivity (Wildman–Crippen MR) is 132 cm³/mol. The van der Waals surface area contributed by atoms with Crippen molar-refractivity contribution < 1.29 is 13.6 Å². The fraction of sp³-hybridized carbons (Fsp3) is 0.769. The van der Waals surface area contributed by atoms with Gasteiger partial charge in [0.2, 0.25) is 11.8 Å². The normalized spacial score (nSPS) is 17.8. The summed E-state index contributed by atoms with van der Waals surface area (Å²) >= 11 is 0. The Labute approximate surface area is 203 Å². The number of alkyl halides is 2. The summed E-state index contributed by atoms with van der Waals surface area (Å²) < 4.78 is 27.8. The monoisotopic (exact) mass is 479 g/mol. The van der Waals surface area contributed by atoms with Gasteiger partial charge in [-0.3, -0.25) is 4.79 Å². The van der Waals surface area contributed by atoms with E-state index in [1.807, 2.05) is 33.9 Å². The van der Waals surface area contributed by atoms with Crippen molar-refractivity contribution >= 4 is 11.7 Å². The lowest BCUT2D eigenvalue weighted by molar-refractivity contribution is -0.122. The number of hydrogen-bond donors (Lipinski definition) is 1. The fourth-order valence-electron chi connectivity index (χ4n) is 4.51. The number of imidazole rings is 1. The van der Waals surface area contributed by atoms with E-state index >= 15 is 0 Å². The highest BCUT2D eigenvalue weighted by Gasteiger charge is 2.23. The minimum absolute atomic E-state index is 0.0804. The summed E-state index contributed by atoms with van der Waals surface area (Å²) in [6.45, 7) is 9.88. The van der Waals surface area contributed by atoms with Crippen LogP contribution in [0, 0.1) is 12.8 Å². The van der Waals surface area contributed by atoms with Crippen molar-refractivity contribution in [1.29, 1.82) is 0 Å². The Morgan fingerprint density at radius 2 is 1.85 bits per heavy atom. The minimum atomic E-state index is -2.59. The lowest BCUT2D eigenvalue weighted by Gasteiger charge is -2.21. The molecule has 0 bridgehead atoms. The minimum Gasteiger partial charge on any atom is -0.356 e. The Balaban J connectivity index is 0.000000384. The molecule has 1 unspecified atom stereocenters. The third kappa shape index (κ3) is 9.26. The second-order valence-corrected chi connectivity index (χ2v) is 9.62. The van der Waals surface area contributed by atoms with Gasteiger partial charge in [-0.15, -0.1) is 0 Å². The van der Waals surface area contributed by atoms with Crippen molar-refractivity contribution in [3.8, 4) is 0 Å². The Morgan fingerprint density at radius 1 is 1.15 bits per heavy atom. The molecule has 8 heteroatoms. The van der Waals surface area contributed by atoms with Crippen LogP contribution in [0.1, 0.15) is 115 Å². The van der Waals surface area contributed by atoms with E-state index in [4.69, 9.17) is 4.98 Å². The zero-order valence-electron chi connectivity index (χ0n) is 21.7. The summed E-state index contributed by atoms with van der Waals surface area (Å²) in [5.41, 5.74) is 2.94. The van der Waals surface area contributed by atoms with Crippen molar-refractivity contribution in [2.45, 2.75) is 117 Å². The maximum atomic E-state index is 13.0. The Morgan fingerprint density at radius 3 is 2.41 bits per heavy atom. The molecule has 0 aromatic carbocycles. The van der Waals surface area contributed by atoms with Crippen LogP contribution in [0.5, 0.6) is 0 Å². The summed E-state index contributed by atoms with van der Waals surface area (Å²) in [6, 6.07) is 0. The van der Waals surface area contributed by atoms with Crippen LogP contribution in [0.3, 0.4) is 0 Å². The zero-order chi connectivity index (χ0) is 25.1. The van der Waals surface area contributed by atoms with Gasteiger partial charge in [-0.25, -0.2) is 23.3 Å². The average molecular weight is 480 g/mol. The summed E-state index contributed by atoms with van der Waals surface area (Å²) in [7, 11) is 0. The molecule has 2 fully saturated rings. The van der Waals surface area contributed by atoms with Crippen LogP contribution < -0.4 is 5.32 Å². The van der Waals surface area contributed by atoms with Crippen molar-refractivity contribution in [2.24, 2.45) is 5.92 Å². The van der Waals surface area contributed by atoms with Crippen molar-refractivity contribution in [1.82, 2.24) is 24.9 Å². The molecule has 6 nitrogen and oxygen atoms in total. The van der Waals surface area contributed by atoms with E-state index in [1.54, 1.807) is 4.52 Å². The van der Waals surface area contributed by atoms with Crippen LogP contribution >= 0.6 is 0 Å². The number of amides is 1. The standard InChI is InChI=1S/C19H28F2N4.C5H9NO.C2H6/c1-13(9-10-19(3,20)21)11-16-12-25-18(22-16)23-17(14(2)24-25)15-7-5-4-6-8-15;7-5-3-1-2-4-6-5;1-2/h12-13,15H,4-11H2,1-3H3;1-4H2,(H,6,7);1-2H3. The molecule has 1 aliphatic carbocycles. The van der Waals surface area contributed by atoms with Gasteiger partial charge in [0.25, 0.3) is 5.78 Å². The fourth-order valence-corrected chi connectivity index (χ4v) is 4.51. The van der Waals surface area contributed by atoms with E-state index in [2.05, 4.69) is 15.4 Å². The predicted octanol–water partition coefficient (Wildman–Crippen LogP) is 6.41. The Bertz CT molecular complexity index is 879. The molecule has 2 aromatic rings. The summed E-state index contributed by atoms with van der Waals surface area (Å²) in [5, 5.41) is 7.38. The number of piperidine rings is 1. The van der Waals surface area contributed by atoms with Gasteiger partial charge >= 0.3 is 0 Å². The lowest BCUT2D eigenvalue weighted by Crippen LogP contribution is -2.28. The van der Waals surface area contributed by atoms with Crippen LogP contribution in [0.4, 0.5) is 8.78 Å². The molecule has 192 valence electrons. The first kappa shape index (κ1) is 28.1. The van der Waals surface area contributed by atoms with E-state index in [9.17, 15) is 13.6 Å². The van der Waals surface area contributed by atoms with Crippen molar-refractivity contribution in [3.05, 3.63) is 23.3 Å². The first-order valence-corrected chi connectivity index (χ1v) is 13.1. The number of carbonyl (C=O) groups excluding carboxylic acids is 1. The molecule has 1 amide bonds. The third-order valence-electron chi connectivity index (χ3n) is 6.35. The highest BCUT2D eigenvalue weighted by Crippen LogP contribution is 2.32. The van der Waals surface area contributed by atoms with Gasteiger partial charge < -0.3 is 5.32 Å². The topological polar surface area (TPSA) is 72.2 Å². The molecule has 1 saturated heterocycles. The van der Waals surface area contributed by atoms with Crippen LogP contribution in [-0.2, 0) is 11.2 Å². The maximum absolute atomic E-state index is 13.0. The number of aryl methyl sites for hydroxylation is 1. The average Bonchev–Trinajstić information content (AvgIpc) is 3.20. The number of nitrogens with zero attached hydrogens (tertiary/aromatic N) is 4. The zero-order valence-corrected chi connectivity index (χ0v) is 21.7. The molecule has 1 N–H and O–H groups in total. The van der Waals surface area contributed by atoms with Crippen molar-refractivity contribution in [3.63, 3.8) is 0 Å². The molecule has 1 aliphatic heterocycles. The smallest absolute Gasteiger partial charge is 0.251 e. The molecule has 34 heavy (non-hydrogen) atoms. The van der Waals surface area contributed by atoms with Gasteiger partial charge in [0.05, 0.1) is 23.3 Å². The quantitative estimate of drug-likeness (QED) is 0.520. The molecule has 0 radical (unpaired) electrons. The third-order valence-corrected chi connectivity index (χ3v) is 6.35. The van der Waals surface area contributed by atoms with Gasteiger partial charge in [-0.1, -0.05) is 40.0 Å². The van der Waals surface area contributed by atoms with Gasteiger partial charge in [0.1, 0.15) is 0 Å². The molecule has 3 heterocycles. The number of aromatic nitrogens is 4. The summed E-state index contributed by atoms with van der Waals surface area (Å²) in [6.07, 6.45) is 12.1. The van der Waals surface area contributed by atoms with Crippen LogP contribution in [0.2, 0.25) is 0 Å². The van der Waals surface area contributed by atoms with E-state index < -0.39 is 5.92 Å². The second kappa shape index (κ2) is 13.7. The van der Waals surface area contributed by atoms with Crippen LogP contribution in [-0.4, -0.2) is 38.0 Å². The number of halogens is 2. The molecule has 4 rings (SSSR count). The van der Waals surface area contributed by atoms with Crippen molar-refractivity contribution in [2.75, 3.05) is 6.54 Å². The van der Waals surface area contributed by atoms with Gasteiger partial charge in [-0.2, -0.15) is 5.10 Å². The van der Waals surface area contributed by atoms with Crippen LogP contribution in [0.15, 0.2) is 6.20 Å². The summed E-state index contributed by atoms with van der Waals surface area (Å²) in [4.78, 5) is 19.7. The van der Waals surface area contributed by atoms with Gasteiger partial charge in [0, 0.05) is 25.3 Å². The number of fused-ring (bicyclic) bond motifs is 1.